The summed E-state index contributed by atoms with van der Waals surface area (Å²) in [6.07, 6.45) is -6.43. The van der Waals surface area contributed by atoms with E-state index in [0.717, 1.165) is 37.7 Å². The van der Waals surface area contributed by atoms with E-state index in [1.807, 2.05) is 19.9 Å². The molecule has 4 aliphatic rings. The third kappa shape index (κ3) is 6.91. The van der Waals surface area contributed by atoms with Crippen molar-refractivity contribution in [1.29, 1.82) is 0 Å². The van der Waals surface area contributed by atoms with Gasteiger partial charge in [-0.15, -0.1) is 0 Å². The van der Waals surface area contributed by atoms with Gasteiger partial charge in [-0.25, -0.2) is 0 Å². The van der Waals surface area contributed by atoms with Crippen molar-refractivity contribution in [2.45, 2.75) is 121 Å². The summed E-state index contributed by atoms with van der Waals surface area (Å²) >= 11 is 0. The van der Waals surface area contributed by atoms with Crippen molar-refractivity contribution in [3.8, 4) is 0 Å². The van der Waals surface area contributed by atoms with Crippen LogP contribution in [0.3, 0.4) is 0 Å². The molecule has 14 unspecified atom stereocenters. The Labute approximate surface area is 253 Å². The molecule has 14 atom stereocenters. The van der Waals surface area contributed by atoms with Crippen LogP contribution in [0.2, 0.25) is 0 Å². The fraction of sp³-hybridized carbons (Fsp3) is 0.871. The maximum Gasteiger partial charge on any atom is 0.186 e. The second kappa shape index (κ2) is 14.2. The van der Waals surface area contributed by atoms with E-state index in [2.05, 4.69) is 13.5 Å². The second-order valence-electron chi connectivity index (χ2n) is 13.5. The Morgan fingerprint density at radius 2 is 1.53 bits per heavy atom. The molecule has 43 heavy (non-hydrogen) atoms. The highest BCUT2D eigenvalue weighted by atomic mass is 16.7. The molecule has 12 nitrogen and oxygen atoms in total. The van der Waals surface area contributed by atoms with Crippen LogP contribution in [0.1, 0.15) is 59.3 Å². The lowest BCUT2D eigenvalue weighted by Gasteiger charge is -2.60. The highest BCUT2D eigenvalue weighted by molar-refractivity contribution is 5.18. The monoisotopic (exact) mass is 616 g/mol. The van der Waals surface area contributed by atoms with Crippen molar-refractivity contribution in [3.63, 3.8) is 0 Å². The number of aliphatic hydroxyl groups excluding tert-OH is 8. The Hall–Kier alpha value is -1.00. The lowest BCUT2D eigenvalue weighted by Crippen LogP contribution is -2.61. The zero-order valence-corrected chi connectivity index (χ0v) is 25.5. The molecule has 2 saturated carbocycles. The molecule has 248 valence electrons. The zero-order chi connectivity index (χ0) is 31.7. The number of aliphatic hydroxyl groups is 8. The molecule has 0 aromatic rings. The topological polar surface area (TPSA) is 199 Å². The zero-order valence-electron chi connectivity index (χ0n) is 25.5. The maximum atomic E-state index is 11.3. The van der Waals surface area contributed by atoms with E-state index in [1.165, 1.54) is 5.57 Å². The van der Waals surface area contributed by atoms with Crippen LogP contribution in [-0.2, 0) is 18.9 Å². The number of allylic oxidation sites excluding steroid dienone is 2. The highest BCUT2D eigenvalue weighted by Crippen LogP contribution is 2.62. The molecule has 2 heterocycles. The van der Waals surface area contributed by atoms with Crippen LogP contribution in [0.25, 0.3) is 0 Å². The van der Waals surface area contributed by atoms with E-state index in [1.54, 1.807) is 0 Å². The molecule has 8 N–H and O–H groups in total. The Bertz CT molecular complexity index is 976. The van der Waals surface area contributed by atoms with Gasteiger partial charge in [0, 0.05) is 5.41 Å². The minimum absolute atomic E-state index is 0.0103. The summed E-state index contributed by atoms with van der Waals surface area (Å²) in [5.74, 6) is 0.302. The average molecular weight is 617 g/mol. The van der Waals surface area contributed by atoms with Gasteiger partial charge in [0.15, 0.2) is 12.6 Å². The molecule has 12 heteroatoms. The van der Waals surface area contributed by atoms with E-state index in [9.17, 15) is 40.9 Å². The van der Waals surface area contributed by atoms with Gasteiger partial charge in [-0.05, 0) is 62.7 Å². The van der Waals surface area contributed by atoms with Crippen LogP contribution in [0.4, 0.5) is 0 Å². The summed E-state index contributed by atoms with van der Waals surface area (Å²) < 4.78 is 22.8. The van der Waals surface area contributed by atoms with Crippen molar-refractivity contribution in [2.24, 2.45) is 22.7 Å². The van der Waals surface area contributed by atoms with Crippen molar-refractivity contribution < 1.29 is 59.8 Å². The summed E-state index contributed by atoms with van der Waals surface area (Å²) in [4.78, 5) is 0. The first kappa shape index (κ1) is 34.9. The van der Waals surface area contributed by atoms with Crippen molar-refractivity contribution in [1.82, 2.24) is 0 Å². The standard InChI is InChI=1S/C31H52O12/c1-16(10-12-32)5-7-18-17(2)6-8-21-30(18,3)11-9-22(34)31(21,4)15-41-29-27(39)25(37)24(36)20(43-29)14-40-28-26(38)23(35)19(13-33)42-28/h10,18-29,32-39H,2,5-9,11-15H2,1,3-4H3. The summed E-state index contributed by atoms with van der Waals surface area (Å²) in [7, 11) is 0. The van der Waals surface area contributed by atoms with E-state index < -0.39 is 73.4 Å². The molecule has 2 saturated heterocycles. The molecule has 0 spiro atoms. The van der Waals surface area contributed by atoms with E-state index in [0.29, 0.717) is 6.42 Å². The summed E-state index contributed by atoms with van der Waals surface area (Å²) in [5.41, 5.74) is 1.48. The van der Waals surface area contributed by atoms with Crippen LogP contribution >= 0.6 is 0 Å². The molecule has 4 fully saturated rings. The minimum atomic E-state index is -1.62. The van der Waals surface area contributed by atoms with Crippen LogP contribution in [0.15, 0.2) is 23.8 Å². The van der Waals surface area contributed by atoms with Crippen molar-refractivity contribution in [3.05, 3.63) is 23.8 Å². The van der Waals surface area contributed by atoms with Crippen molar-refractivity contribution in [2.75, 3.05) is 26.4 Å². The molecular weight excluding hydrogens is 564 g/mol. The largest absolute Gasteiger partial charge is 0.394 e. The third-order valence-electron chi connectivity index (χ3n) is 10.8. The van der Waals surface area contributed by atoms with Gasteiger partial charge >= 0.3 is 0 Å². The molecule has 0 amide bonds. The van der Waals surface area contributed by atoms with E-state index in [4.69, 9.17) is 18.9 Å². The number of fused-ring (bicyclic) bond motifs is 1. The summed E-state index contributed by atoms with van der Waals surface area (Å²) in [5, 5.41) is 81.9. The maximum absolute atomic E-state index is 11.3. The second-order valence-corrected chi connectivity index (χ2v) is 13.5. The Balaban J connectivity index is 1.44. The van der Waals surface area contributed by atoms with E-state index >= 15 is 0 Å². The van der Waals surface area contributed by atoms with Crippen molar-refractivity contribution >= 4 is 0 Å². The number of hydrogen-bond acceptors (Lipinski definition) is 12. The van der Waals surface area contributed by atoms with Gasteiger partial charge in [0.1, 0.15) is 42.7 Å². The molecule has 0 radical (unpaired) electrons. The highest BCUT2D eigenvalue weighted by Gasteiger charge is 2.58. The Kier molecular flexibility index (Phi) is 11.5. The fourth-order valence-corrected chi connectivity index (χ4v) is 7.99. The van der Waals surface area contributed by atoms with Crippen LogP contribution in [-0.4, -0.2) is 129 Å². The normalized spacial score (nSPS) is 47.5. The molecule has 4 rings (SSSR count). The molecule has 2 aliphatic carbocycles. The molecule has 0 aromatic heterocycles. The van der Waals surface area contributed by atoms with Crippen LogP contribution in [0.5, 0.6) is 0 Å². The first-order valence-electron chi connectivity index (χ1n) is 15.5. The first-order chi connectivity index (χ1) is 20.3. The van der Waals surface area contributed by atoms with E-state index in [-0.39, 0.29) is 37.1 Å². The Morgan fingerprint density at radius 3 is 2.19 bits per heavy atom. The first-order valence-corrected chi connectivity index (χ1v) is 15.5. The van der Waals surface area contributed by atoms with Gasteiger partial charge in [0.25, 0.3) is 0 Å². The molecule has 0 bridgehead atoms. The minimum Gasteiger partial charge on any atom is -0.394 e. The lowest BCUT2D eigenvalue weighted by molar-refractivity contribution is -0.320. The molecular formula is C31H52O12. The summed E-state index contributed by atoms with van der Waals surface area (Å²) in [6.45, 7) is 9.83. The molecule has 0 aromatic carbocycles. The van der Waals surface area contributed by atoms with Gasteiger partial charge in [-0.3, -0.25) is 0 Å². The predicted octanol–water partition coefficient (Wildman–Crippen LogP) is -0.265. The third-order valence-corrected chi connectivity index (χ3v) is 10.8. The Morgan fingerprint density at radius 1 is 0.907 bits per heavy atom. The van der Waals surface area contributed by atoms with Gasteiger partial charge in [0.05, 0.1) is 32.5 Å². The van der Waals surface area contributed by atoms with Gasteiger partial charge < -0.3 is 59.8 Å². The van der Waals surface area contributed by atoms with Gasteiger partial charge in [-0.1, -0.05) is 37.6 Å². The van der Waals surface area contributed by atoms with Crippen LogP contribution in [0, 0.1) is 22.7 Å². The van der Waals surface area contributed by atoms with Gasteiger partial charge in [0.2, 0.25) is 0 Å². The molecule has 2 aliphatic heterocycles. The number of rotatable bonds is 11. The summed E-state index contributed by atoms with van der Waals surface area (Å²) in [6, 6.07) is 0. The van der Waals surface area contributed by atoms with Gasteiger partial charge in [-0.2, -0.15) is 0 Å². The fourth-order valence-electron chi connectivity index (χ4n) is 7.99. The quantitative estimate of drug-likeness (QED) is 0.142. The average Bonchev–Trinajstić information content (AvgIpc) is 3.25. The number of hydrogen-bond donors (Lipinski definition) is 8. The number of ether oxygens (including phenoxy) is 4. The predicted molar refractivity (Wildman–Crippen MR) is 153 cm³/mol. The smallest absolute Gasteiger partial charge is 0.186 e. The lowest BCUT2D eigenvalue weighted by atomic mass is 9.46. The SMILES string of the molecule is C=C1CCC2C(C)(COC3OC(COC4OC(CO)C(O)C4O)C(O)C(O)C3O)C(O)CCC2(C)C1CCC(C)=CCO. The van der Waals surface area contributed by atoms with Crippen LogP contribution < -0.4 is 0 Å².